The molecule has 0 bridgehead atoms. The Hall–Kier alpha value is 0.210. The third-order valence-corrected chi connectivity index (χ3v) is 4.03. The zero-order valence-electron chi connectivity index (χ0n) is 10.8. The number of alkyl halides is 1. The van der Waals surface area contributed by atoms with Gasteiger partial charge in [-0.15, -0.1) is 11.6 Å². The van der Waals surface area contributed by atoms with E-state index in [0.717, 1.165) is 24.3 Å². The number of hydrogen-bond acceptors (Lipinski definition) is 2. The number of nitrogens with one attached hydrogen (secondary N) is 1. The molecule has 1 N–H and O–H groups in total. The van der Waals surface area contributed by atoms with Crippen molar-refractivity contribution >= 4 is 11.6 Å². The molecule has 1 saturated carbocycles. The van der Waals surface area contributed by atoms with E-state index in [9.17, 15) is 0 Å². The van der Waals surface area contributed by atoms with Gasteiger partial charge in [-0.3, -0.25) is 0 Å². The van der Waals surface area contributed by atoms with Crippen molar-refractivity contribution in [2.24, 2.45) is 11.8 Å². The molecule has 1 aliphatic rings. The number of rotatable bonds is 7. The first-order chi connectivity index (χ1) is 7.74. The average Bonchev–Trinajstić information content (AvgIpc) is 2.29. The second-order valence-electron chi connectivity index (χ2n) is 5.32. The lowest BCUT2D eigenvalue weighted by atomic mass is 9.80. The van der Waals surface area contributed by atoms with Gasteiger partial charge in [0, 0.05) is 5.88 Å². The highest BCUT2D eigenvalue weighted by molar-refractivity contribution is 6.18. The van der Waals surface area contributed by atoms with E-state index in [1.165, 1.54) is 45.2 Å². The summed E-state index contributed by atoms with van der Waals surface area (Å²) in [6, 6.07) is 0. The van der Waals surface area contributed by atoms with Crippen molar-refractivity contribution in [1.82, 2.24) is 10.2 Å². The van der Waals surface area contributed by atoms with Gasteiger partial charge in [0.25, 0.3) is 0 Å². The van der Waals surface area contributed by atoms with Gasteiger partial charge in [0.2, 0.25) is 0 Å². The van der Waals surface area contributed by atoms with Crippen LogP contribution < -0.4 is 5.32 Å². The maximum absolute atomic E-state index is 6.02. The van der Waals surface area contributed by atoms with Gasteiger partial charge in [0.05, 0.1) is 0 Å². The first-order valence-corrected chi connectivity index (χ1v) is 7.19. The van der Waals surface area contributed by atoms with Gasteiger partial charge in [0.15, 0.2) is 0 Å². The van der Waals surface area contributed by atoms with Crippen molar-refractivity contribution in [3.05, 3.63) is 0 Å². The lowest BCUT2D eigenvalue weighted by Gasteiger charge is -2.30. The molecule has 0 spiro atoms. The molecular weight excluding hydrogens is 220 g/mol. The minimum Gasteiger partial charge on any atom is -0.316 e. The molecule has 0 saturated heterocycles. The lowest BCUT2D eigenvalue weighted by Crippen LogP contribution is -2.32. The second-order valence-corrected chi connectivity index (χ2v) is 5.63. The summed E-state index contributed by atoms with van der Waals surface area (Å²) in [6.45, 7) is 3.49. The van der Waals surface area contributed by atoms with Crippen LogP contribution >= 0.6 is 11.6 Å². The maximum atomic E-state index is 6.02. The van der Waals surface area contributed by atoms with Gasteiger partial charge in [-0.2, -0.15) is 0 Å². The largest absolute Gasteiger partial charge is 0.316 e. The topological polar surface area (TPSA) is 15.3 Å². The first-order valence-electron chi connectivity index (χ1n) is 6.65. The van der Waals surface area contributed by atoms with E-state index in [0.29, 0.717) is 0 Å². The van der Waals surface area contributed by atoms with Gasteiger partial charge in [0.1, 0.15) is 0 Å². The second kappa shape index (κ2) is 8.32. The molecular formula is C13H27ClN2. The molecule has 3 heteroatoms. The Morgan fingerprint density at radius 1 is 1.19 bits per heavy atom. The monoisotopic (exact) mass is 246 g/mol. The molecule has 2 unspecified atom stereocenters. The summed E-state index contributed by atoms with van der Waals surface area (Å²) in [5.74, 6) is 2.44. The lowest BCUT2D eigenvalue weighted by molar-refractivity contribution is 0.250. The SMILES string of the molecule is CN(C)CCCNCC1CCCCC1CCl. The molecule has 96 valence electrons. The van der Waals surface area contributed by atoms with Crippen molar-refractivity contribution in [2.45, 2.75) is 32.1 Å². The molecule has 0 aromatic carbocycles. The fourth-order valence-corrected chi connectivity index (χ4v) is 2.97. The summed E-state index contributed by atoms with van der Waals surface area (Å²) in [5.41, 5.74) is 0. The Morgan fingerprint density at radius 3 is 2.50 bits per heavy atom. The standard InChI is InChI=1S/C13H27ClN2/c1-16(2)9-5-8-15-11-13-7-4-3-6-12(13)10-14/h12-13,15H,3-11H2,1-2H3. The maximum Gasteiger partial charge on any atom is 0.0254 e. The van der Waals surface area contributed by atoms with Crippen LogP contribution in [0.1, 0.15) is 32.1 Å². The van der Waals surface area contributed by atoms with E-state index in [-0.39, 0.29) is 0 Å². The Bertz CT molecular complexity index is 173. The summed E-state index contributed by atoms with van der Waals surface area (Å²) >= 11 is 6.02. The molecule has 1 rings (SSSR count). The van der Waals surface area contributed by atoms with Crippen molar-refractivity contribution in [2.75, 3.05) is 39.6 Å². The minimum atomic E-state index is 0.761. The van der Waals surface area contributed by atoms with Crippen molar-refractivity contribution in [3.63, 3.8) is 0 Å². The van der Waals surface area contributed by atoms with Crippen LogP contribution in [0.3, 0.4) is 0 Å². The smallest absolute Gasteiger partial charge is 0.0254 e. The first kappa shape index (κ1) is 14.3. The van der Waals surface area contributed by atoms with Gasteiger partial charge < -0.3 is 10.2 Å². The van der Waals surface area contributed by atoms with Crippen molar-refractivity contribution < 1.29 is 0 Å². The van der Waals surface area contributed by atoms with Crippen LogP contribution in [0, 0.1) is 11.8 Å². The molecule has 2 nitrogen and oxygen atoms in total. The fourth-order valence-electron chi connectivity index (χ4n) is 2.56. The van der Waals surface area contributed by atoms with Crippen LogP contribution in [0.5, 0.6) is 0 Å². The van der Waals surface area contributed by atoms with Gasteiger partial charge in [-0.05, 0) is 64.8 Å². The normalized spacial score (nSPS) is 26.2. The van der Waals surface area contributed by atoms with Crippen LogP contribution in [0.2, 0.25) is 0 Å². The van der Waals surface area contributed by atoms with Crippen LogP contribution in [0.15, 0.2) is 0 Å². The Morgan fingerprint density at radius 2 is 1.88 bits per heavy atom. The quantitative estimate of drug-likeness (QED) is 0.549. The zero-order valence-corrected chi connectivity index (χ0v) is 11.6. The predicted octanol–water partition coefficient (Wildman–Crippen LogP) is 2.57. The van der Waals surface area contributed by atoms with Crippen LogP contribution in [0.25, 0.3) is 0 Å². The highest BCUT2D eigenvalue weighted by Crippen LogP contribution is 2.30. The summed E-state index contributed by atoms with van der Waals surface area (Å²) in [6.07, 6.45) is 6.74. The molecule has 0 radical (unpaired) electrons. The zero-order chi connectivity index (χ0) is 11.8. The average molecular weight is 247 g/mol. The summed E-state index contributed by atoms with van der Waals surface area (Å²) in [5, 5.41) is 3.59. The van der Waals surface area contributed by atoms with Crippen LogP contribution in [-0.4, -0.2) is 44.5 Å². The molecule has 16 heavy (non-hydrogen) atoms. The van der Waals surface area contributed by atoms with E-state index < -0.39 is 0 Å². The van der Waals surface area contributed by atoms with Gasteiger partial charge in [-0.25, -0.2) is 0 Å². The number of halogens is 1. The van der Waals surface area contributed by atoms with E-state index in [4.69, 9.17) is 11.6 Å². The van der Waals surface area contributed by atoms with Crippen molar-refractivity contribution in [1.29, 1.82) is 0 Å². The van der Waals surface area contributed by atoms with Crippen molar-refractivity contribution in [3.8, 4) is 0 Å². The number of nitrogens with zero attached hydrogens (tertiary/aromatic N) is 1. The van der Waals surface area contributed by atoms with E-state index in [1.54, 1.807) is 0 Å². The fraction of sp³-hybridized carbons (Fsp3) is 1.00. The molecule has 0 aliphatic heterocycles. The summed E-state index contributed by atoms with van der Waals surface area (Å²) in [7, 11) is 4.26. The molecule has 0 heterocycles. The Kier molecular flexibility index (Phi) is 7.42. The predicted molar refractivity (Wildman–Crippen MR) is 72.2 cm³/mol. The molecule has 0 aromatic rings. The summed E-state index contributed by atoms with van der Waals surface area (Å²) < 4.78 is 0. The highest BCUT2D eigenvalue weighted by atomic mass is 35.5. The molecule has 0 amide bonds. The van der Waals surface area contributed by atoms with Gasteiger partial charge >= 0.3 is 0 Å². The van der Waals surface area contributed by atoms with Gasteiger partial charge in [-0.1, -0.05) is 12.8 Å². The van der Waals surface area contributed by atoms with E-state index in [2.05, 4.69) is 24.3 Å². The third kappa shape index (κ3) is 5.51. The molecule has 0 aromatic heterocycles. The minimum absolute atomic E-state index is 0.761. The van der Waals surface area contributed by atoms with Crippen LogP contribution in [0.4, 0.5) is 0 Å². The molecule has 1 aliphatic carbocycles. The van der Waals surface area contributed by atoms with E-state index in [1.807, 2.05) is 0 Å². The molecule has 2 atom stereocenters. The molecule has 1 fully saturated rings. The van der Waals surface area contributed by atoms with Crippen LogP contribution in [-0.2, 0) is 0 Å². The summed E-state index contributed by atoms with van der Waals surface area (Å²) in [4.78, 5) is 2.24. The highest BCUT2D eigenvalue weighted by Gasteiger charge is 2.23. The van der Waals surface area contributed by atoms with E-state index >= 15 is 0 Å². The third-order valence-electron chi connectivity index (χ3n) is 3.63. The Balaban J connectivity index is 2.06. The number of hydrogen-bond donors (Lipinski definition) is 1. The Labute approximate surface area is 106 Å².